The SMILES string of the molecule is C[C@@H]1CC[C@@H](C(=O)O)[C@H](O)C1. The van der Waals surface area contributed by atoms with E-state index in [4.69, 9.17) is 5.11 Å². The summed E-state index contributed by atoms with van der Waals surface area (Å²) in [6.07, 6.45) is 1.55. The van der Waals surface area contributed by atoms with Gasteiger partial charge in [0, 0.05) is 0 Å². The maximum atomic E-state index is 10.5. The molecule has 0 aromatic heterocycles. The van der Waals surface area contributed by atoms with E-state index >= 15 is 0 Å². The number of carboxylic acids is 1. The van der Waals surface area contributed by atoms with E-state index in [-0.39, 0.29) is 0 Å². The van der Waals surface area contributed by atoms with Crippen LogP contribution in [0.1, 0.15) is 26.2 Å². The van der Waals surface area contributed by atoms with Gasteiger partial charge in [0.05, 0.1) is 12.0 Å². The van der Waals surface area contributed by atoms with Gasteiger partial charge >= 0.3 is 5.97 Å². The standard InChI is InChI=1S/C8H14O3/c1-5-2-3-6(8(10)11)7(9)4-5/h5-7,9H,2-4H2,1H3,(H,10,11)/t5-,6-,7-/m1/s1. The van der Waals surface area contributed by atoms with Crippen LogP contribution in [-0.2, 0) is 4.79 Å². The quantitative estimate of drug-likeness (QED) is 0.595. The molecule has 3 atom stereocenters. The lowest BCUT2D eigenvalue weighted by atomic mass is 9.81. The van der Waals surface area contributed by atoms with Gasteiger partial charge in [-0.15, -0.1) is 0 Å². The Hall–Kier alpha value is -0.570. The predicted molar refractivity (Wildman–Crippen MR) is 40.1 cm³/mol. The van der Waals surface area contributed by atoms with E-state index in [0.29, 0.717) is 18.8 Å². The summed E-state index contributed by atoms with van der Waals surface area (Å²) in [5.74, 6) is -0.906. The second-order valence-corrected chi connectivity index (χ2v) is 3.43. The van der Waals surface area contributed by atoms with Gasteiger partial charge in [0.25, 0.3) is 0 Å². The highest BCUT2D eigenvalue weighted by atomic mass is 16.4. The van der Waals surface area contributed by atoms with Crippen LogP contribution < -0.4 is 0 Å². The average Bonchev–Trinajstić information content (AvgIpc) is 1.85. The van der Waals surface area contributed by atoms with Crippen LogP contribution in [-0.4, -0.2) is 22.3 Å². The third kappa shape index (κ3) is 1.93. The van der Waals surface area contributed by atoms with Crippen molar-refractivity contribution >= 4 is 5.97 Å². The van der Waals surface area contributed by atoms with E-state index in [1.807, 2.05) is 6.92 Å². The second-order valence-electron chi connectivity index (χ2n) is 3.43. The number of aliphatic hydroxyl groups is 1. The van der Waals surface area contributed by atoms with Crippen molar-refractivity contribution in [3.05, 3.63) is 0 Å². The number of rotatable bonds is 1. The van der Waals surface area contributed by atoms with Gasteiger partial charge in [-0.25, -0.2) is 0 Å². The molecule has 0 amide bonds. The van der Waals surface area contributed by atoms with E-state index in [1.165, 1.54) is 0 Å². The highest BCUT2D eigenvalue weighted by molar-refractivity contribution is 5.70. The van der Waals surface area contributed by atoms with Crippen LogP contribution in [0, 0.1) is 11.8 Å². The first-order valence-electron chi connectivity index (χ1n) is 4.02. The van der Waals surface area contributed by atoms with E-state index < -0.39 is 18.0 Å². The van der Waals surface area contributed by atoms with Gasteiger partial charge in [0.2, 0.25) is 0 Å². The number of carbonyl (C=O) groups is 1. The van der Waals surface area contributed by atoms with Crippen LogP contribution in [0.4, 0.5) is 0 Å². The number of hydrogen-bond acceptors (Lipinski definition) is 2. The monoisotopic (exact) mass is 158 g/mol. The molecule has 2 N–H and O–H groups in total. The van der Waals surface area contributed by atoms with Gasteiger partial charge < -0.3 is 10.2 Å². The topological polar surface area (TPSA) is 57.5 Å². The lowest BCUT2D eigenvalue weighted by Crippen LogP contribution is -2.33. The van der Waals surface area contributed by atoms with E-state index in [2.05, 4.69) is 0 Å². The first-order valence-corrected chi connectivity index (χ1v) is 4.02. The van der Waals surface area contributed by atoms with Gasteiger partial charge in [0.1, 0.15) is 0 Å². The van der Waals surface area contributed by atoms with Gasteiger partial charge in [-0.2, -0.15) is 0 Å². The van der Waals surface area contributed by atoms with Crippen LogP contribution in [0.25, 0.3) is 0 Å². The summed E-state index contributed by atoms with van der Waals surface area (Å²) in [5, 5.41) is 18.0. The zero-order valence-corrected chi connectivity index (χ0v) is 6.66. The van der Waals surface area contributed by atoms with E-state index in [1.54, 1.807) is 0 Å². The zero-order chi connectivity index (χ0) is 8.43. The van der Waals surface area contributed by atoms with Crippen molar-refractivity contribution in [1.82, 2.24) is 0 Å². The molecule has 0 aromatic rings. The molecule has 64 valence electrons. The number of carboxylic acid groups (broad SMARTS) is 1. The maximum absolute atomic E-state index is 10.5. The molecule has 0 unspecified atom stereocenters. The first kappa shape index (κ1) is 8.53. The average molecular weight is 158 g/mol. The molecule has 0 aliphatic heterocycles. The van der Waals surface area contributed by atoms with Crippen molar-refractivity contribution in [2.24, 2.45) is 11.8 Å². The predicted octanol–water partition coefficient (Wildman–Crippen LogP) is 0.868. The summed E-state index contributed by atoms with van der Waals surface area (Å²) in [4.78, 5) is 10.5. The molecule has 1 aliphatic rings. The summed E-state index contributed by atoms with van der Waals surface area (Å²) in [6.45, 7) is 2.04. The highest BCUT2D eigenvalue weighted by Gasteiger charge is 2.31. The molecule has 0 heterocycles. The fourth-order valence-corrected chi connectivity index (χ4v) is 1.64. The molecule has 1 saturated carbocycles. The molecule has 3 nitrogen and oxygen atoms in total. The van der Waals surface area contributed by atoms with Crippen LogP contribution >= 0.6 is 0 Å². The van der Waals surface area contributed by atoms with Gasteiger partial charge in [0.15, 0.2) is 0 Å². The smallest absolute Gasteiger partial charge is 0.309 e. The van der Waals surface area contributed by atoms with Crippen molar-refractivity contribution in [3.63, 3.8) is 0 Å². The van der Waals surface area contributed by atoms with Crippen molar-refractivity contribution < 1.29 is 15.0 Å². The molecule has 0 spiro atoms. The molecule has 11 heavy (non-hydrogen) atoms. The Morgan fingerprint density at radius 1 is 1.45 bits per heavy atom. The van der Waals surface area contributed by atoms with Crippen molar-refractivity contribution in [3.8, 4) is 0 Å². The van der Waals surface area contributed by atoms with E-state index in [0.717, 1.165) is 6.42 Å². The van der Waals surface area contributed by atoms with Gasteiger partial charge in [-0.05, 0) is 25.2 Å². The van der Waals surface area contributed by atoms with Crippen LogP contribution in [0.3, 0.4) is 0 Å². The summed E-state index contributed by atoms with van der Waals surface area (Å²) >= 11 is 0. The molecule has 1 fully saturated rings. The lowest BCUT2D eigenvalue weighted by molar-refractivity contribution is -0.148. The van der Waals surface area contributed by atoms with Crippen molar-refractivity contribution in [2.45, 2.75) is 32.3 Å². The fourth-order valence-electron chi connectivity index (χ4n) is 1.64. The fraction of sp³-hybridized carbons (Fsp3) is 0.875. The van der Waals surface area contributed by atoms with Crippen molar-refractivity contribution in [2.75, 3.05) is 0 Å². The molecule has 0 aromatic carbocycles. The maximum Gasteiger partial charge on any atom is 0.309 e. The minimum Gasteiger partial charge on any atom is -0.481 e. The summed E-state index contributed by atoms with van der Waals surface area (Å²) in [6, 6.07) is 0. The molecular weight excluding hydrogens is 144 g/mol. The third-order valence-corrected chi connectivity index (χ3v) is 2.40. The minimum atomic E-state index is -0.857. The Bertz CT molecular complexity index is 155. The normalized spacial score (nSPS) is 38.5. The molecule has 0 radical (unpaired) electrons. The molecule has 0 bridgehead atoms. The summed E-state index contributed by atoms with van der Waals surface area (Å²) < 4.78 is 0. The summed E-state index contributed by atoms with van der Waals surface area (Å²) in [7, 11) is 0. The molecule has 1 aliphatic carbocycles. The summed E-state index contributed by atoms with van der Waals surface area (Å²) in [5.41, 5.74) is 0. The number of hydrogen-bond donors (Lipinski definition) is 2. The Morgan fingerprint density at radius 2 is 2.09 bits per heavy atom. The zero-order valence-electron chi connectivity index (χ0n) is 6.66. The lowest BCUT2D eigenvalue weighted by Gasteiger charge is -2.28. The third-order valence-electron chi connectivity index (χ3n) is 2.40. The highest BCUT2D eigenvalue weighted by Crippen LogP contribution is 2.28. The number of aliphatic hydroxyl groups excluding tert-OH is 1. The van der Waals surface area contributed by atoms with Crippen LogP contribution in [0.15, 0.2) is 0 Å². The van der Waals surface area contributed by atoms with Crippen LogP contribution in [0.5, 0.6) is 0 Å². The Labute approximate surface area is 66.0 Å². The molecular formula is C8H14O3. The van der Waals surface area contributed by atoms with Gasteiger partial charge in [-0.3, -0.25) is 4.79 Å². The molecule has 3 heteroatoms. The first-order chi connectivity index (χ1) is 5.11. The Morgan fingerprint density at radius 3 is 2.55 bits per heavy atom. The molecule has 1 rings (SSSR count). The molecule has 0 saturated heterocycles. The van der Waals surface area contributed by atoms with Crippen molar-refractivity contribution in [1.29, 1.82) is 0 Å². The minimum absolute atomic E-state index is 0.473. The second kappa shape index (κ2) is 3.22. The largest absolute Gasteiger partial charge is 0.481 e. The Kier molecular flexibility index (Phi) is 2.49. The van der Waals surface area contributed by atoms with Gasteiger partial charge in [-0.1, -0.05) is 6.92 Å². The van der Waals surface area contributed by atoms with Crippen LogP contribution in [0.2, 0.25) is 0 Å². The van der Waals surface area contributed by atoms with E-state index in [9.17, 15) is 9.90 Å². The Balaban J connectivity index is 2.50. The number of aliphatic carboxylic acids is 1.